The van der Waals surface area contributed by atoms with E-state index >= 15 is 0 Å². The van der Waals surface area contributed by atoms with Crippen molar-refractivity contribution in [2.24, 2.45) is 0 Å². The van der Waals surface area contributed by atoms with Crippen molar-refractivity contribution in [3.8, 4) is 0 Å². The molecular formula is C12H14BrNO2. The van der Waals surface area contributed by atoms with Crippen molar-refractivity contribution >= 4 is 27.6 Å². The Morgan fingerprint density at radius 3 is 3.06 bits per heavy atom. The molecule has 86 valence electrons. The van der Waals surface area contributed by atoms with Gasteiger partial charge in [0.15, 0.2) is 0 Å². The first-order valence-corrected chi connectivity index (χ1v) is 5.84. The Labute approximate surface area is 104 Å². The molecule has 0 unspecified atom stereocenters. The van der Waals surface area contributed by atoms with Crippen molar-refractivity contribution in [3.05, 3.63) is 40.9 Å². The summed E-state index contributed by atoms with van der Waals surface area (Å²) in [6.07, 6.45) is 3.16. The first kappa shape index (κ1) is 12.8. The molecule has 1 rings (SSSR count). The Hall–Kier alpha value is -1.29. The lowest BCUT2D eigenvalue weighted by Gasteiger charge is -2.02. The van der Waals surface area contributed by atoms with E-state index in [9.17, 15) is 4.79 Å². The fourth-order valence-corrected chi connectivity index (χ4v) is 1.52. The first-order chi connectivity index (χ1) is 7.72. The number of hydrogen-bond acceptors (Lipinski definition) is 3. The molecule has 1 aromatic carbocycles. The second-order valence-electron chi connectivity index (χ2n) is 3.05. The number of carbonyl (C=O) groups is 1. The Kier molecular flexibility index (Phi) is 5.64. The van der Waals surface area contributed by atoms with Crippen LogP contribution in [-0.4, -0.2) is 19.1 Å². The van der Waals surface area contributed by atoms with Gasteiger partial charge in [-0.2, -0.15) is 0 Å². The highest BCUT2D eigenvalue weighted by molar-refractivity contribution is 9.10. The summed E-state index contributed by atoms with van der Waals surface area (Å²) in [7, 11) is 0. The summed E-state index contributed by atoms with van der Waals surface area (Å²) in [6, 6.07) is 7.84. The second-order valence-corrected chi connectivity index (χ2v) is 3.96. The highest BCUT2D eigenvalue weighted by Crippen LogP contribution is 2.15. The zero-order valence-corrected chi connectivity index (χ0v) is 10.7. The molecule has 0 amide bonds. The van der Waals surface area contributed by atoms with E-state index in [1.807, 2.05) is 24.3 Å². The van der Waals surface area contributed by atoms with E-state index in [-0.39, 0.29) is 5.97 Å². The van der Waals surface area contributed by atoms with Crippen LogP contribution in [0, 0.1) is 0 Å². The van der Waals surface area contributed by atoms with Gasteiger partial charge in [-0.05, 0) is 25.1 Å². The van der Waals surface area contributed by atoms with Gasteiger partial charge in [0.05, 0.1) is 6.61 Å². The zero-order chi connectivity index (χ0) is 11.8. The molecule has 0 saturated carbocycles. The average molecular weight is 284 g/mol. The number of ether oxygens (including phenoxy) is 1. The highest BCUT2D eigenvalue weighted by Gasteiger charge is 1.93. The van der Waals surface area contributed by atoms with Crippen LogP contribution in [0.5, 0.6) is 0 Å². The van der Waals surface area contributed by atoms with Gasteiger partial charge in [-0.1, -0.05) is 28.1 Å². The molecule has 0 aliphatic rings. The summed E-state index contributed by atoms with van der Waals surface area (Å²) in [5.41, 5.74) is 1.00. The molecule has 1 aromatic rings. The van der Waals surface area contributed by atoms with Crippen molar-refractivity contribution in [1.82, 2.24) is 0 Å². The third kappa shape index (κ3) is 4.98. The molecule has 0 spiro atoms. The predicted octanol–water partition coefficient (Wildman–Crippen LogP) is 2.98. The lowest BCUT2D eigenvalue weighted by Crippen LogP contribution is -2.02. The normalized spacial score (nSPS) is 10.4. The van der Waals surface area contributed by atoms with Crippen LogP contribution in [-0.2, 0) is 9.53 Å². The molecule has 4 heteroatoms. The SMILES string of the molecule is CCOC(=O)/C=C/CNc1cccc(Br)c1. The van der Waals surface area contributed by atoms with Crippen LogP contribution < -0.4 is 5.32 Å². The maximum atomic E-state index is 11.0. The summed E-state index contributed by atoms with van der Waals surface area (Å²) >= 11 is 3.38. The van der Waals surface area contributed by atoms with Crippen molar-refractivity contribution in [1.29, 1.82) is 0 Å². The maximum Gasteiger partial charge on any atom is 0.330 e. The van der Waals surface area contributed by atoms with Gasteiger partial charge in [-0.25, -0.2) is 4.79 Å². The van der Waals surface area contributed by atoms with Gasteiger partial charge in [0.2, 0.25) is 0 Å². The molecular weight excluding hydrogens is 270 g/mol. The number of nitrogens with one attached hydrogen (secondary N) is 1. The topological polar surface area (TPSA) is 38.3 Å². The number of benzene rings is 1. The minimum absolute atomic E-state index is 0.307. The monoisotopic (exact) mass is 283 g/mol. The Bertz CT molecular complexity index is 377. The van der Waals surface area contributed by atoms with Gasteiger partial charge in [0.25, 0.3) is 0 Å². The standard InChI is InChI=1S/C12H14BrNO2/c1-2-16-12(15)7-4-8-14-11-6-3-5-10(13)9-11/h3-7,9,14H,2,8H2,1H3/b7-4+. The summed E-state index contributed by atoms with van der Waals surface area (Å²) in [6.45, 7) is 2.78. The van der Waals surface area contributed by atoms with Gasteiger partial charge in [-0.3, -0.25) is 0 Å². The molecule has 1 N–H and O–H groups in total. The van der Waals surface area contributed by atoms with E-state index in [0.29, 0.717) is 13.2 Å². The van der Waals surface area contributed by atoms with E-state index < -0.39 is 0 Å². The van der Waals surface area contributed by atoms with E-state index in [2.05, 4.69) is 21.2 Å². The summed E-state index contributed by atoms with van der Waals surface area (Å²) in [5.74, 6) is -0.307. The van der Waals surface area contributed by atoms with Crippen molar-refractivity contribution in [3.63, 3.8) is 0 Å². The number of rotatable bonds is 5. The second kappa shape index (κ2) is 7.06. The Balaban J connectivity index is 2.33. The number of anilines is 1. The van der Waals surface area contributed by atoms with Crippen LogP contribution in [0.1, 0.15) is 6.92 Å². The van der Waals surface area contributed by atoms with Crippen LogP contribution in [0.25, 0.3) is 0 Å². The summed E-state index contributed by atoms with van der Waals surface area (Å²) in [5, 5.41) is 3.16. The molecule has 0 heterocycles. The Morgan fingerprint density at radius 1 is 1.56 bits per heavy atom. The lowest BCUT2D eigenvalue weighted by molar-refractivity contribution is -0.137. The first-order valence-electron chi connectivity index (χ1n) is 5.05. The van der Waals surface area contributed by atoms with E-state index in [1.165, 1.54) is 6.08 Å². The van der Waals surface area contributed by atoms with Gasteiger partial charge < -0.3 is 10.1 Å². The molecule has 0 atom stereocenters. The van der Waals surface area contributed by atoms with E-state index in [1.54, 1.807) is 13.0 Å². The maximum absolute atomic E-state index is 11.0. The molecule has 0 aliphatic carbocycles. The zero-order valence-electron chi connectivity index (χ0n) is 9.07. The number of hydrogen-bond donors (Lipinski definition) is 1. The van der Waals surface area contributed by atoms with Crippen LogP contribution >= 0.6 is 15.9 Å². The number of esters is 1. The minimum atomic E-state index is -0.307. The molecule has 0 saturated heterocycles. The Morgan fingerprint density at radius 2 is 2.38 bits per heavy atom. The highest BCUT2D eigenvalue weighted by atomic mass is 79.9. The summed E-state index contributed by atoms with van der Waals surface area (Å²) in [4.78, 5) is 11.0. The fraction of sp³-hybridized carbons (Fsp3) is 0.250. The third-order valence-corrected chi connectivity index (χ3v) is 2.28. The fourth-order valence-electron chi connectivity index (χ4n) is 1.12. The minimum Gasteiger partial charge on any atom is -0.463 e. The quantitative estimate of drug-likeness (QED) is 0.667. The van der Waals surface area contributed by atoms with Crippen LogP contribution in [0.2, 0.25) is 0 Å². The molecule has 0 radical (unpaired) electrons. The van der Waals surface area contributed by atoms with Gasteiger partial charge in [-0.15, -0.1) is 0 Å². The molecule has 0 fully saturated rings. The van der Waals surface area contributed by atoms with E-state index in [0.717, 1.165) is 10.2 Å². The molecule has 3 nitrogen and oxygen atoms in total. The van der Waals surface area contributed by atoms with Gasteiger partial charge >= 0.3 is 5.97 Å². The molecule has 0 aromatic heterocycles. The van der Waals surface area contributed by atoms with Crippen LogP contribution in [0.3, 0.4) is 0 Å². The largest absolute Gasteiger partial charge is 0.463 e. The summed E-state index contributed by atoms with van der Waals surface area (Å²) < 4.78 is 5.77. The lowest BCUT2D eigenvalue weighted by atomic mass is 10.3. The van der Waals surface area contributed by atoms with Gasteiger partial charge in [0.1, 0.15) is 0 Å². The molecule has 16 heavy (non-hydrogen) atoms. The van der Waals surface area contributed by atoms with Crippen molar-refractivity contribution in [2.45, 2.75) is 6.92 Å². The molecule has 0 aliphatic heterocycles. The smallest absolute Gasteiger partial charge is 0.330 e. The van der Waals surface area contributed by atoms with Crippen molar-refractivity contribution in [2.75, 3.05) is 18.5 Å². The molecule has 0 bridgehead atoms. The van der Waals surface area contributed by atoms with Crippen molar-refractivity contribution < 1.29 is 9.53 Å². The van der Waals surface area contributed by atoms with E-state index in [4.69, 9.17) is 4.74 Å². The third-order valence-electron chi connectivity index (χ3n) is 1.79. The average Bonchev–Trinajstić information content (AvgIpc) is 2.25. The van der Waals surface area contributed by atoms with Crippen LogP contribution in [0.4, 0.5) is 5.69 Å². The predicted molar refractivity (Wildman–Crippen MR) is 68.4 cm³/mol. The van der Waals surface area contributed by atoms with Crippen LogP contribution in [0.15, 0.2) is 40.9 Å². The van der Waals surface area contributed by atoms with Gasteiger partial charge in [0, 0.05) is 22.8 Å². The number of halogens is 1. The number of carbonyl (C=O) groups excluding carboxylic acids is 1.